The lowest BCUT2D eigenvalue weighted by molar-refractivity contribution is 0.475. The van der Waals surface area contributed by atoms with Gasteiger partial charge < -0.3 is 4.74 Å². The van der Waals surface area contributed by atoms with Crippen LogP contribution in [0.5, 0.6) is 11.5 Å². The monoisotopic (exact) mass is 264 g/mol. The first kappa shape index (κ1) is 12.9. The molecule has 0 unspecified atom stereocenters. The zero-order chi connectivity index (χ0) is 13.1. The van der Waals surface area contributed by atoms with Crippen molar-refractivity contribution in [3.63, 3.8) is 0 Å². The molecule has 0 amide bonds. The largest absolute Gasteiger partial charge is 0.457 e. The Labute approximate surface area is 111 Å². The molecule has 0 saturated heterocycles. The van der Waals surface area contributed by atoms with Crippen molar-refractivity contribution in [2.75, 3.05) is 0 Å². The van der Waals surface area contributed by atoms with Crippen molar-refractivity contribution in [2.45, 2.75) is 19.7 Å². The summed E-state index contributed by atoms with van der Waals surface area (Å²) in [5, 5.41) is 0. The fraction of sp³-hybridized carbons (Fsp3) is 0.200. The minimum Gasteiger partial charge on any atom is -0.457 e. The summed E-state index contributed by atoms with van der Waals surface area (Å²) in [4.78, 5) is 0. The second-order valence-electron chi connectivity index (χ2n) is 4.23. The first-order valence-corrected chi connectivity index (χ1v) is 6.23. The lowest BCUT2D eigenvalue weighted by atomic mass is 10.1. The minimum atomic E-state index is -0.307. The van der Waals surface area contributed by atoms with Crippen LogP contribution in [-0.4, -0.2) is 0 Å². The molecule has 0 N–H and O–H groups in total. The van der Waals surface area contributed by atoms with Crippen LogP contribution in [0.3, 0.4) is 0 Å². The van der Waals surface area contributed by atoms with Gasteiger partial charge in [0.25, 0.3) is 0 Å². The molecular weight excluding hydrogens is 251 g/mol. The number of ether oxygens (including phenoxy) is 1. The molecule has 0 atom stereocenters. The second kappa shape index (κ2) is 5.40. The summed E-state index contributed by atoms with van der Waals surface area (Å²) in [6, 6.07) is 10.2. The first-order chi connectivity index (χ1) is 8.60. The van der Waals surface area contributed by atoms with E-state index in [9.17, 15) is 4.39 Å². The molecule has 2 aromatic carbocycles. The molecule has 0 spiro atoms. The van der Waals surface area contributed by atoms with Gasteiger partial charge in [0.1, 0.15) is 17.3 Å². The highest BCUT2D eigenvalue weighted by molar-refractivity contribution is 6.17. The van der Waals surface area contributed by atoms with Crippen molar-refractivity contribution >= 4 is 11.6 Å². The number of halogens is 2. The van der Waals surface area contributed by atoms with Gasteiger partial charge in [0.2, 0.25) is 0 Å². The van der Waals surface area contributed by atoms with Crippen LogP contribution in [0.15, 0.2) is 36.4 Å². The molecule has 0 saturated carbocycles. The third-order valence-corrected chi connectivity index (χ3v) is 3.16. The SMILES string of the molecule is Cc1ccc(Oc2ccc(F)cc2CCl)cc1C. The van der Waals surface area contributed by atoms with Crippen LogP contribution < -0.4 is 4.74 Å². The standard InChI is InChI=1S/C15H14ClFO/c1-10-3-5-14(7-11(10)2)18-15-6-4-13(17)8-12(15)9-16/h3-8H,9H2,1-2H3. The number of alkyl halides is 1. The number of hydrogen-bond donors (Lipinski definition) is 0. The van der Waals surface area contributed by atoms with Gasteiger partial charge >= 0.3 is 0 Å². The Morgan fingerprint density at radius 1 is 1.06 bits per heavy atom. The Bertz CT molecular complexity index is 566. The fourth-order valence-corrected chi connectivity index (χ4v) is 1.87. The molecule has 0 fully saturated rings. The predicted octanol–water partition coefficient (Wildman–Crippen LogP) is 4.97. The number of hydrogen-bond acceptors (Lipinski definition) is 1. The summed E-state index contributed by atoms with van der Waals surface area (Å²) in [7, 11) is 0. The molecule has 0 aliphatic rings. The number of benzene rings is 2. The zero-order valence-corrected chi connectivity index (χ0v) is 11.1. The van der Waals surface area contributed by atoms with Gasteiger partial charge in [0.05, 0.1) is 5.88 Å². The van der Waals surface area contributed by atoms with Gasteiger partial charge in [-0.3, -0.25) is 0 Å². The van der Waals surface area contributed by atoms with Crippen LogP contribution in [-0.2, 0) is 5.88 Å². The molecule has 18 heavy (non-hydrogen) atoms. The number of rotatable bonds is 3. The first-order valence-electron chi connectivity index (χ1n) is 5.69. The van der Waals surface area contributed by atoms with E-state index in [1.54, 1.807) is 6.07 Å². The molecule has 94 valence electrons. The Hall–Kier alpha value is -1.54. The van der Waals surface area contributed by atoms with Gasteiger partial charge in [-0.1, -0.05) is 6.07 Å². The predicted molar refractivity (Wildman–Crippen MR) is 71.9 cm³/mol. The van der Waals surface area contributed by atoms with Crippen LogP contribution in [0, 0.1) is 19.7 Å². The van der Waals surface area contributed by atoms with Gasteiger partial charge in [-0.2, -0.15) is 0 Å². The van der Waals surface area contributed by atoms with Crippen molar-refractivity contribution in [3.8, 4) is 11.5 Å². The Kier molecular flexibility index (Phi) is 3.87. The molecule has 0 radical (unpaired) electrons. The Morgan fingerprint density at radius 3 is 2.50 bits per heavy atom. The second-order valence-corrected chi connectivity index (χ2v) is 4.50. The van der Waals surface area contributed by atoms with E-state index in [4.69, 9.17) is 16.3 Å². The van der Waals surface area contributed by atoms with E-state index in [1.807, 2.05) is 32.0 Å². The maximum atomic E-state index is 13.1. The molecule has 2 aromatic rings. The average Bonchev–Trinajstić information content (AvgIpc) is 2.36. The van der Waals surface area contributed by atoms with E-state index in [-0.39, 0.29) is 11.7 Å². The highest BCUT2D eigenvalue weighted by Crippen LogP contribution is 2.28. The Balaban J connectivity index is 2.30. The summed E-state index contributed by atoms with van der Waals surface area (Å²) in [5.41, 5.74) is 3.01. The summed E-state index contributed by atoms with van der Waals surface area (Å²) in [6.45, 7) is 4.07. The van der Waals surface area contributed by atoms with Crippen molar-refractivity contribution < 1.29 is 9.13 Å². The van der Waals surface area contributed by atoms with Crippen molar-refractivity contribution in [2.24, 2.45) is 0 Å². The van der Waals surface area contributed by atoms with E-state index >= 15 is 0 Å². The van der Waals surface area contributed by atoms with Gasteiger partial charge in [-0.15, -0.1) is 11.6 Å². The molecule has 1 nitrogen and oxygen atoms in total. The fourth-order valence-electron chi connectivity index (χ4n) is 1.66. The summed E-state index contributed by atoms with van der Waals surface area (Å²) in [5.74, 6) is 1.24. The van der Waals surface area contributed by atoms with Crippen LogP contribution >= 0.6 is 11.6 Å². The van der Waals surface area contributed by atoms with Crippen LogP contribution in [0.2, 0.25) is 0 Å². The van der Waals surface area contributed by atoms with Crippen molar-refractivity contribution in [1.82, 2.24) is 0 Å². The molecule has 2 rings (SSSR count). The van der Waals surface area contributed by atoms with Gasteiger partial charge in [-0.25, -0.2) is 4.39 Å². The van der Waals surface area contributed by atoms with E-state index in [0.717, 1.165) is 11.3 Å². The van der Waals surface area contributed by atoms with E-state index in [0.29, 0.717) is 11.3 Å². The van der Waals surface area contributed by atoms with Crippen molar-refractivity contribution in [3.05, 3.63) is 58.9 Å². The summed E-state index contributed by atoms with van der Waals surface area (Å²) < 4.78 is 18.8. The van der Waals surface area contributed by atoms with Crippen LogP contribution in [0.1, 0.15) is 16.7 Å². The molecule has 0 heterocycles. The quantitative estimate of drug-likeness (QED) is 0.711. The highest BCUT2D eigenvalue weighted by atomic mass is 35.5. The van der Waals surface area contributed by atoms with Gasteiger partial charge in [0, 0.05) is 5.56 Å². The lowest BCUT2D eigenvalue weighted by Crippen LogP contribution is -1.92. The zero-order valence-electron chi connectivity index (χ0n) is 10.3. The van der Waals surface area contributed by atoms with Gasteiger partial charge in [-0.05, 0) is 55.3 Å². The van der Waals surface area contributed by atoms with E-state index in [2.05, 4.69) is 0 Å². The van der Waals surface area contributed by atoms with E-state index < -0.39 is 0 Å². The normalized spacial score (nSPS) is 10.4. The number of aryl methyl sites for hydroxylation is 2. The summed E-state index contributed by atoms with van der Waals surface area (Å²) >= 11 is 5.78. The third-order valence-electron chi connectivity index (χ3n) is 2.87. The molecule has 0 aliphatic heterocycles. The molecule has 0 bridgehead atoms. The Morgan fingerprint density at radius 2 is 1.83 bits per heavy atom. The molecular formula is C15H14ClFO. The third kappa shape index (κ3) is 2.82. The lowest BCUT2D eigenvalue weighted by Gasteiger charge is -2.11. The topological polar surface area (TPSA) is 9.23 Å². The molecule has 0 aliphatic carbocycles. The smallest absolute Gasteiger partial charge is 0.132 e. The van der Waals surface area contributed by atoms with E-state index in [1.165, 1.54) is 17.7 Å². The molecule has 3 heteroatoms. The average molecular weight is 265 g/mol. The maximum absolute atomic E-state index is 13.1. The highest BCUT2D eigenvalue weighted by Gasteiger charge is 2.06. The van der Waals surface area contributed by atoms with Crippen LogP contribution in [0.25, 0.3) is 0 Å². The summed E-state index contributed by atoms with van der Waals surface area (Å²) in [6.07, 6.45) is 0. The van der Waals surface area contributed by atoms with Gasteiger partial charge in [0.15, 0.2) is 0 Å². The minimum absolute atomic E-state index is 0.220. The van der Waals surface area contributed by atoms with Crippen molar-refractivity contribution in [1.29, 1.82) is 0 Å². The maximum Gasteiger partial charge on any atom is 0.132 e. The van der Waals surface area contributed by atoms with Crippen LogP contribution in [0.4, 0.5) is 4.39 Å². The molecule has 0 aromatic heterocycles.